The van der Waals surface area contributed by atoms with Crippen molar-refractivity contribution < 1.29 is 19.4 Å². The maximum Gasteiger partial charge on any atom is 0.306 e. The van der Waals surface area contributed by atoms with Gasteiger partial charge in [0, 0.05) is 5.92 Å². The minimum absolute atomic E-state index is 0.0202. The van der Waals surface area contributed by atoms with Crippen molar-refractivity contribution in [2.24, 2.45) is 11.8 Å². The molecule has 0 unspecified atom stereocenters. The fourth-order valence-electron chi connectivity index (χ4n) is 2.40. The van der Waals surface area contributed by atoms with Crippen LogP contribution in [0.15, 0.2) is 42.5 Å². The molecule has 4 heteroatoms. The third-order valence-corrected chi connectivity index (χ3v) is 3.60. The highest BCUT2D eigenvalue weighted by Crippen LogP contribution is 2.29. The van der Waals surface area contributed by atoms with E-state index in [0.29, 0.717) is 13.2 Å². The molecule has 1 aliphatic rings. The van der Waals surface area contributed by atoms with E-state index in [0.717, 1.165) is 5.56 Å². The van der Waals surface area contributed by atoms with Gasteiger partial charge in [-0.2, -0.15) is 0 Å². The largest absolute Gasteiger partial charge is 0.469 e. The molecule has 0 spiro atoms. The summed E-state index contributed by atoms with van der Waals surface area (Å²) in [7, 11) is 1.37. The first-order valence-corrected chi connectivity index (χ1v) is 6.75. The lowest BCUT2D eigenvalue weighted by atomic mass is 9.92. The molecule has 20 heavy (non-hydrogen) atoms. The van der Waals surface area contributed by atoms with Crippen LogP contribution < -0.4 is 0 Å². The minimum Gasteiger partial charge on any atom is -0.469 e. The number of hydrogen-bond acceptors (Lipinski definition) is 4. The van der Waals surface area contributed by atoms with Crippen LogP contribution in [-0.4, -0.2) is 30.9 Å². The Balaban J connectivity index is 1.82. The van der Waals surface area contributed by atoms with E-state index in [2.05, 4.69) is 4.74 Å². The zero-order valence-corrected chi connectivity index (χ0v) is 11.6. The van der Waals surface area contributed by atoms with Crippen molar-refractivity contribution in [3.8, 4) is 0 Å². The number of hydrogen-bond donors (Lipinski definition) is 1. The highest BCUT2D eigenvalue weighted by atomic mass is 16.5. The van der Waals surface area contributed by atoms with Crippen molar-refractivity contribution in [3.63, 3.8) is 0 Å². The zero-order valence-electron chi connectivity index (χ0n) is 11.6. The van der Waals surface area contributed by atoms with E-state index in [9.17, 15) is 9.90 Å². The third kappa shape index (κ3) is 3.92. The molecule has 0 saturated carbocycles. The Morgan fingerprint density at radius 3 is 2.70 bits per heavy atom. The standard InChI is InChI=1S/C16H20O4/c1-19-16(18)9-13-7-8-15(17)14(13)11-20-10-12-5-3-2-4-6-12/h2-8,13-15,17H,9-11H2,1H3/t13-,14-,15-/m0/s1. The Bertz CT molecular complexity index is 455. The molecule has 0 bridgehead atoms. The molecule has 0 fully saturated rings. The average molecular weight is 276 g/mol. The van der Waals surface area contributed by atoms with Gasteiger partial charge >= 0.3 is 5.97 Å². The van der Waals surface area contributed by atoms with Crippen molar-refractivity contribution in [2.75, 3.05) is 13.7 Å². The number of rotatable bonds is 6. The topological polar surface area (TPSA) is 55.8 Å². The molecule has 0 heterocycles. The summed E-state index contributed by atoms with van der Waals surface area (Å²) in [6, 6.07) is 9.88. The Hall–Kier alpha value is -1.65. The lowest BCUT2D eigenvalue weighted by Crippen LogP contribution is -2.27. The van der Waals surface area contributed by atoms with Gasteiger partial charge in [-0.05, 0) is 11.5 Å². The van der Waals surface area contributed by atoms with Crippen molar-refractivity contribution >= 4 is 5.97 Å². The van der Waals surface area contributed by atoms with Crippen LogP contribution in [0.3, 0.4) is 0 Å². The number of aliphatic hydroxyl groups excluding tert-OH is 1. The van der Waals surface area contributed by atoms with Gasteiger partial charge in [0.25, 0.3) is 0 Å². The quantitative estimate of drug-likeness (QED) is 0.637. The predicted octanol–water partition coefficient (Wildman–Crippen LogP) is 1.93. The summed E-state index contributed by atoms with van der Waals surface area (Å²) in [5, 5.41) is 9.92. The molecule has 0 amide bonds. The first-order valence-electron chi connectivity index (χ1n) is 6.75. The van der Waals surface area contributed by atoms with Gasteiger partial charge in [0.05, 0.1) is 32.8 Å². The molecule has 0 aliphatic heterocycles. The van der Waals surface area contributed by atoms with E-state index in [1.807, 2.05) is 36.4 Å². The number of carbonyl (C=O) groups is 1. The van der Waals surface area contributed by atoms with Crippen LogP contribution in [0.5, 0.6) is 0 Å². The van der Waals surface area contributed by atoms with Gasteiger partial charge in [0.2, 0.25) is 0 Å². The number of carbonyl (C=O) groups excluding carboxylic acids is 1. The third-order valence-electron chi connectivity index (χ3n) is 3.60. The summed E-state index contributed by atoms with van der Waals surface area (Å²) in [6.45, 7) is 0.930. The van der Waals surface area contributed by atoms with E-state index < -0.39 is 6.10 Å². The second-order valence-electron chi connectivity index (χ2n) is 4.98. The summed E-state index contributed by atoms with van der Waals surface area (Å²) < 4.78 is 10.3. The van der Waals surface area contributed by atoms with Gasteiger partial charge in [-0.3, -0.25) is 4.79 Å². The molecule has 4 nitrogen and oxygen atoms in total. The van der Waals surface area contributed by atoms with Crippen molar-refractivity contribution in [1.82, 2.24) is 0 Å². The summed E-state index contributed by atoms with van der Waals surface area (Å²) in [4.78, 5) is 11.3. The first kappa shape index (κ1) is 14.8. The second kappa shape index (κ2) is 7.22. The van der Waals surface area contributed by atoms with Gasteiger partial charge in [0.15, 0.2) is 0 Å². The molecule has 0 radical (unpaired) electrons. The number of allylic oxidation sites excluding steroid dienone is 1. The van der Waals surface area contributed by atoms with Crippen LogP contribution in [0.1, 0.15) is 12.0 Å². The van der Waals surface area contributed by atoms with E-state index in [1.165, 1.54) is 7.11 Å². The highest BCUT2D eigenvalue weighted by Gasteiger charge is 2.32. The van der Waals surface area contributed by atoms with Gasteiger partial charge in [0.1, 0.15) is 0 Å². The molecule has 0 aromatic heterocycles. The first-order chi connectivity index (χ1) is 9.70. The maximum atomic E-state index is 11.3. The fourth-order valence-corrected chi connectivity index (χ4v) is 2.40. The highest BCUT2D eigenvalue weighted by molar-refractivity contribution is 5.69. The van der Waals surface area contributed by atoms with Crippen LogP contribution in [0.2, 0.25) is 0 Å². The molecule has 1 N–H and O–H groups in total. The minimum atomic E-state index is -0.555. The molecule has 1 aliphatic carbocycles. The van der Waals surface area contributed by atoms with Crippen LogP contribution in [0.4, 0.5) is 0 Å². The molecule has 108 valence electrons. The Morgan fingerprint density at radius 2 is 2.00 bits per heavy atom. The van der Waals surface area contributed by atoms with Crippen molar-refractivity contribution in [3.05, 3.63) is 48.0 Å². The maximum absolute atomic E-state index is 11.3. The predicted molar refractivity (Wildman–Crippen MR) is 74.9 cm³/mol. The fraction of sp³-hybridized carbons (Fsp3) is 0.438. The second-order valence-corrected chi connectivity index (χ2v) is 4.98. The van der Waals surface area contributed by atoms with Gasteiger partial charge in [-0.15, -0.1) is 0 Å². The molecule has 0 saturated heterocycles. The summed E-state index contributed by atoms with van der Waals surface area (Å²) in [5.74, 6) is -0.368. The molecule has 1 aromatic carbocycles. The SMILES string of the molecule is COC(=O)C[C@@H]1C=C[C@H](O)[C@H]1COCc1ccccc1. The van der Waals surface area contributed by atoms with Crippen molar-refractivity contribution in [1.29, 1.82) is 0 Å². The van der Waals surface area contributed by atoms with Gasteiger partial charge < -0.3 is 14.6 Å². The van der Waals surface area contributed by atoms with E-state index in [1.54, 1.807) is 6.08 Å². The average Bonchev–Trinajstić information content (AvgIpc) is 2.81. The van der Waals surface area contributed by atoms with E-state index in [-0.39, 0.29) is 24.2 Å². The number of aliphatic hydroxyl groups is 1. The van der Waals surface area contributed by atoms with Crippen LogP contribution >= 0.6 is 0 Å². The molecule has 2 rings (SSSR count). The summed E-state index contributed by atoms with van der Waals surface area (Å²) >= 11 is 0. The van der Waals surface area contributed by atoms with Crippen LogP contribution in [-0.2, 0) is 20.9 Å². The van der Waals surface area contributed by atoms with Gasteiger partial charge in [-0.1, -0.05) is 42.5 Å². The zero-order chi connectivity index (χ0) is 14.4. The number of esters is 1. The monoisotopic (exact) mass is 276 g/mol. The molecule has 3 atom stereocenters. The number of benzene rings is 1. The lowest BCUT2D eigenvalue weighted by molar-refractivity contribution is -0.142. The Labute approximate surface area is 119 Å². The van der Waals surface area contributed by atoms with Crippen LogP contribution in [0, 0.1) is 11.8 Å². The van der Waals surface area contributed by atoms with Gasteiger partial charge in [-0.25, -0.2) is 0 Å². The van der Waals surface area contributed by atoms with E-state index >= 15 is 0 Å². The van der Waals surface area contributed by atoms with Crippen molar-refractivity contribution in [2.45, 2.75) is 19.1 Å². The molecular formula is C16H20O4. The Morgan fingerprint density at radius 1 is 1.25 bits per heavy atom. The summed E-state index contributed by atoms with van der Waals surface area (Å²) in [6.07, 6.45) is 3.33. The lowest BCUT2D eigenvalue weighted by Gasteiger charge is -2.21. The molecular weight excluding hydrogens is 256 g/mol. The normalized spacial score (nSPS) is 24.8. The smallest absolute Gasteiger partial charge is 0.306 e. The Kier molecular flexibility index (Phi) is 5.32. The number of methoxy groups -OCH3 is 1. The summed E-state index contributed by atoms with van der Waals surface area (Å²) in [5.41, 5.74) is 1.09. The van der Waals surface area contributed by atoms with Crippen LogP contribution in [0.25, 0.3) is 0 Å². The van der Waals surface area contributed by atoms with E-state index in [4.69, 9.17) is 4.74 Å². The molecule has 1 aromatic rings. The number of ether oxygens (including phenoxy) is 2.